The van der Waals surface area contributed by atoms with Crippen LogP contribution in [0.1, 0.15) is 10.4 Å². The highest BCUT2D eigenvalue weighted by atomic mass is 32.1. The topological polar surface area (TPSA) is 85.6 Å². The molecule has 35 heavy (non-hydrogen) atoms. The molecule has 0 spiro atoms. The fourth-order valence-corrected chi connectivity index (χ4v) is 4.15. The molecule has 0 aliphatic rings. The number of carbonyl (C=O) groups excluding carboxylic acids is 1. The van der Waals surface area contributed by atoms with Crippen molar-refractivity contribution < 1.29 is 18.7 Å². The molecule has 174 valence electrons. The minimum Gasteiger partial charge on any atom is -0.496 e. The summed E-state index contributed by atoms with van der Waals surface area (Å²) in [5.41, 5.74) is 3.15. The molecule has 0 saturated heterocycles. The average molecular weight is 484 g/mol. The molecule has 0 fully saturated rings. The number of amides is 1. The van der Waals surface area contributed by atoms with Crippen LogP contribution in [0.5, 0.6) is 11.5 Å². The lowest BCUT2D eigenvalue weighted by Crippen LogP contribution is -2.34. The third kappa shape index (κ3) is 4.39. The largest absolute Gasteiger partial charge is 0.496 e. The van der Waals surface area contributed by atoms with Crippen LogP contribution in [0.3, 0.4) is 0 Å². The molecule has 1 heterocycles. The van der Waals surface area contributed by atoms with Crippen LogP contribution in [-0.2, 0) is 0 Å². The van der Waals surface area contributed by atoms with E-state index in [1.54, 1.807) is 18.2 Å². The lowest BCUT2D eigenvalue weighted by molar-refractivity contribution is 0.0971. The van der Waals surface area contributed by atoms with E-state index in [2.05, 4.69) is 27.8 Å². The molecule has 2 N–H and O–H groups in total. The van der Waals surface area contributed by atoms with E-state index in [0.29, 0.717) is 34.2 Å². The fourth-order valence-electron chi connectivity index (χ4n) is 3.94. The second-order valence-corrected chi connectivity index (χ2v) is 8.08. The van der Waals surface area contributed by atoms with Gasteiger partial charge in [0.25, 0.3) is 5.91 Å². The Bertz CT molecular complexity index is 1550. The van der Waals surface area contributed by atoms with Crippen molar-refractivity contribution in [2.24, 2.45) is 0 Å². The van der Waals surface area contributed by atoms with Crippen molar-refractivity contribution in [1.29, 1.82) is 0 Å². The second-order valence-electron chi connectivity index (χ2n) is 7.67. The maximum atomic E-state index is 12.9. The number of fused-ring (bicyclic) bond motifs is 2. The Labute approximate surface area is 206 Å². The van der Waals surface area contributed by atoms with Gasteiger partial charge in [-0.25, -0.2) is 4.98 Å². The molecule has 7 nitrogen and oxygen atoms in total. The van der Waals surface area contributed by atoms with E-state index in [-0.39, 0.29) is 10.7 Å². The van der Waals surface area contributed by atoms with Crippen LogP contribution in [-0.4, -0.2) is 30.2 Å². The molecule has 5 rings (SSSR count). The van der Waals surface area contributed by atoms with E-state index in [4.69, 9.17) is 26.1 Å². The third-order valence-corrected chi connectivity index (χ3v) is 5.75. The summed E-state index contributed by atoms with van der Waals surface area (Å²) in [6.07, 6.45) is 0. The summed E-state index contributed by atoms with van der Waals surface area (Å²) in [5.74, 6) is 0.856. The van der Waals surface area contributed by atoms with Gasteiger partial charge >= 0.3 is 0 Å². The number of nitrogens with one attached hydrogen (secondary N) is 2. The molecule has 0 unspecified atom stereocenters. The minimum atomic E-state index is -0.447. The first-order valence-electron chi connectivity index (χ1n) is 10.8. The number of oxazole rings is 1. The van der Waals surface area contributed by atoms with Crippen LogP contribution in [0.2, 0.25) is 0 Å². The summed E-state index contributed by atoms with van der Waals surface area (Å²) in [6.45, 7) is 0. The van der Waals surface area contributed by atoms with Crippen molar-refractivity contribution in [3.05, 3.63) is 84.4 Å². The summed E-state index contributed by atoms with van der Waals surface area (Å²) in [7, 11) is 2.98. The molecule has 1 amide bonds. The van der Waals surface area contributed by atoms with E-state index >= 15 is 0 Å². The first kappa shape index (κ1) is 22.4. The molecule has 1 aromatic heterocycles. The molecule has 0 atom stereocenters. The number of rotatable bonds is 5. The quantitative estimate of drug-likeness (QED) is 0.306. The molecule has 0 aliphatic carbocycles. The van der Waals surface area contributed by atoms with E-state index < -0.39 is 5.91 Å². The van der Waals surface area contributed by atoms with Gasteiger partial charge in [-0.15, -0.1) is 0 Å². The van der Waals surface area contributed by atoms with E-state index in [0.717, 1.165) is 16.3 Å². The number of methoxy groups -OCH3 is 2. The number of anilines is 1. The zero-order valence-corrected chi connectivity index (χ0v) is 19.8. The third-order valence-electron chi connectivity index (χ3n) is 5.55. The number of benzene rings is 4. The van der Waals surface area contributed by atoms with Crippen molar-refractivity contribution in [3.63, 3.8) is 0 Å². The second kappa shape index (κ2) is 9.44. The Kier molecular flexibility index (Phi) is 6.03. The van der Waals surface area contributed by atoms with Crippen molar-refractivity contribution in [1.82, 2.24) is 10.3 Å². The van der Waals surface area contributed by atoms with Crippen molar-refractivity contribution in [2.75, 3.05) is 19.5 Å². The Hall–Kier alpha value is -4.43. The predicted octanol–water partition coefficient (Wildman–Crippen LogP) is 5.79. The molecule has 4 aromatic carbocycles. The lowest BCUT2D eigenvalue weighted by atomic mass is 10.0. The molecule has 0 aliphatic heterocycles. The standard InChI is InChI=1S/C27H21N3O4S/c1-32-22-11-6-12-23(33-2)24(22)25(31)30-27(35)28-17-13-14-21-20(15-17)29-26(34-21)19-10-5-8-16-7-3-4-9-18(16)19/h3-15H,1-2H3,(H2,28,30,31,35). The van der Waals surface area contributed by atoms with Gasteiger partial charge in [-0.1, -0.05) is 42.5 Å². The van der Waals surface area contributed by atoms with Crippen LogP contribution in [0.25, 0.3) is 33.3 Å². The predicted molar refractivity (Wildman–Crippen MR) is 140 cm³/mol. The maximum Gasteiger partial charge on any atom is 0.264 e. The molecule has 0 bridgehead atoms. The number of ether oxygens (including phenoxy) is 2. The lowest BCUT2D eigenvalue weighted by Gasteiger charge is -2.14. The Morgan fingerprint density at radius 3 is 2.40 bits per heavy atom. The van der Waals surface area contributed by atoms with Crippen molar-refractivity contribution in [2.45, 2.75) is 0 Å². The van der Waals surface area contributed by atoms with Gasteiger partial charge in [0.2, 0.25) is 5.89 Å². The summed E-state index contributed by atoms with van der Waals surface area (Å²) in [6, 6.07) is 24.7. The summed E-state index contributed by atoms with van der Waals surface area (Å²) in [4.78, 5) is 17.5. The smallest absolute Gasteiger partial charge is 0.264 e. The molecular weight excluding hydrogens is 462 g/mol. The molecule has 0 saturated carbocycles. The molecule has 5 aromatic rings. The zero-order chi connectivity index (χ0) is 24.4. The van der Waals surface area contributed by atoms with Crippen molar-refractivity contribution in [3.8, 4) is 23.0 Å². The zero-order valence-electron chi connectivity index (χ0n) is 19.0. The van der Waals surface area contributed by atoms with E-state index in [9.17, 15) is 4.79 Å². The number of aromatic nitrogens is 1. The molecular formula is C27H21N3O4S. The normalized spacial score (nSPS) is 10.8. The Balaban J connectivity index is 1.37. The first-order valence-corrected chi connectivity index (χ1v) is 11.2. The number of thiocarbonyl (C=S) groups is 1. The summed E-state index contributed by atoms with van der Waals surface area (Å²) >= 11 is 5.36. The maximum absolute atomic E-state index is 12.9. The van der Waals surface area contributed by atoms with Crippen LogP contribution in [0.15, 0.2) is 83.3 Å². The highest BCUT2D eigenvalue weighted by Crippen LogP contribution is 2.31. The minimum absolute atomic E-state index is 0.125. The van der Waals surface area contributed by atoms with E-state index in [1.807, 2.05) is 48.5 Å². The number of hydrogen-bond acceptors (Lipinski definition) is 6. The van der Waals surface area contributed by atoms with Gasteiger partial charge < -0.3 is 19.2 Å². The van der Waals surface area contributed by atoms with Gasteiger partial charge in [0.05, 0.1) is 14.2 Å². The van der Waals surface area contributed by atoms with Gasteiger partial charge in [-0.3, -0.25) is 10.1 Å². The van der Waals surface area contributed by atoms with E-state index in [1.165, 1.54) is 14.2 Å². The average Bonchev–Trinajstić information content (AvgIpc) is 3.30. The van der Waals surface area contributed by atoms with Gasteiger partial charge in [0, 0.05) is 11.3 Å². The number of carbonyl (C=O) groups is 1. The highest BCUT2D eigenvalue weighted by molar-refractivity contribution is 7.80. The Morgan fingerprint density at radius 1 is 0.914 bits per heavy atom. The van der Waals surface area contributed by atoms with Crippen LogP contribution >= 0.6 is 12.2 Å². The van der Waals surface area contributed by atoms with Crippen LogP contribution in [0.4, 0.5) is 5.69 Å². The Morgan fingerprint density at radius 2 is 1.63 bits per heavy atom. The van der Waals surface area contributed by atoms with Crippen molar-refractivity contribution >= 4 is 50.8 Å². The van der Waals surface area contributed by atoms with Crippen LogP contribution < -0.4 is 20.1 Å². The monoisotopic (exact) mass is 483 g/mol. The molecule has 8 heteroatoms. The molecule has 0 radical (unpaired) electrons. The summed E-state index contributed by atoms with van der Waals surface area (Å²) in [5, 5.41) is 8.00. The van der Waals surface area contributed by atoms with Gasteiger partial charge in [-0.2, -0.15) is 0 Å². The van der Waals surface area contributed by atoms with Crippen LogP contribution in [0, 0.1) is 0 Å². The SMILES string of the molecule is COc1cccc(OC)c1C(=O)NC(=S)Nc1ccc2oc(-c3cccc4ccccc34)nc2c1. The summed E-state index contributed by atoms with van der Waals surface area (Å²) < 4.78 is 16.6. The fraction of sp³-hybridized carbons (Fsp3) is 0.0741. The van der Waals surface area contributed by atoms with Gasteiger partial charge in [0.1, 0.15) is 22.6 Å². The number of hydrogen-bond donors (Lipinski definition) is 2. The highest BCUT2D eigenvalue weighted by Gasteiger charge is 2.19. The number of nitrogens with zero attached hydrogens (tertiary/aromatic N) is 1. The van der Waals surface area contributed by atoms with Gasteiger partial charge in [0.15, 0.2) is 10.7 Å². The first-order chi connectivity index (χ1) is 17.1. The van der Waals surface area contributed by atoms with Gasteiger partial charge in [-0.05, 0) is 59.4 Å².